The number of carbonyl (C=O) groups excluding carboxylic acids is 1. The van der Waals surface area contributed by atoms with E-state index in [2.05, 4.69) is 18.0 Å². The van der Waals surface area contributed by atoms with Crippen LogP contribution >= 0.6 is 11.3 Å². The van der Waals surface area contributed by atoms with Gasteiger partial charge in [0.25, 0.3) is 0 Å². The van der Waals surface area contributed by atoms with Crippen LogP contribution in [0.15, 0.2) is 24.3 Å². The highest BCUT2D eigenvalue weighted by Crippen LogP contribution is 2.22. The van der Waals surface area contributed by atoms with Crippen LogP contribution in [-0.4, -0.2) is 22.8 Å². The van der Waals surface area contributed by atoms with Gasteiger partial charge < -0.3 is 4.90 Å². The number of amides is 1. The van der Waals surface area contributed by atoms with Gasteiger partial charge in [-0.25, -0.2) is 4.98 Å². The first-order valence-corrected chi connectivity index (χ1v) is 7.53. The topological polar surface area (TPSA) is 33.2 Å². The highest BCUT2D eigenvalue weighted by atomic mass is 32.1. The minimum atomic E-state index is 0.101. The molecule has 3 nitrogen and oxygen atoms in total. The Morgan fingerprint density at radius 2 is 2.16 bits per heavy atom. The van der Waals surface area contributed by atoms with Crippen molar-refractivity contribution in [1.29, 1.82) is 0 Å². The molecule has 0 saturated heterocycles. The molecule has 2 aromatic rings. The molecular formula is C15H20N2OS. The molecule has 0 aliphatic heterocycles. The van der Waals surface area contributed by atoms with Crippen molar-refractivity contribution in [1.82, 2.24) is 9.88 Å². The van der Waals surface area contributed by atoms with E-state index in [4.69, 9.17) is 0 Å². The zero-order chi connectivity index (χ0) is 13.8. The average molecular weight is 276 g/mol. The molecule has 1 unspecified atom stereocenters. The molecule has 1 aromatic heterocycles. The molecule has 19 heavy (non-hydrogen) atoms. The van der Waals surface area contributed by atoms with Crippen LogP contribution in [0.1, 0.15) is 31.7 Å². The maximum Gasteiger partial charge on any atom is 0.225 e. The van der Waals surface area contributed by atoms with Crippen LogP contribution in [0.5, 0.6) is 0 Å². The van der Waals surface area contributed by atoms with E-state index in [0.29, 0.717) is 6.54 Å². The van der Waals surface area contributed by atoms with Crippen molar-refractivity contribution in [2.75, 3.05) is 7.05 Å². The Bertz CT molecular complexity index is 531. The highest BCUT2D eigenvalue weighted by molar-refractivity contribution is 7.18. The lowest BCUT2D eigenvalue weighted by molar-refractivity contribution is -0.134. The van der Waals surface area contributed by atoms with E-state index in [9.17, 15) is 4.79 Å². The number of nitrogens with zero attached hydrogens (tertiary/aromatic N) is 2. The zero-order valence-electron chi connectivity index (χ0n) is 11.7. The molecule has 0 fully saturated rings. The minimum absolute atomic E-state index is 0.101. The van der Waals surface area contributed by atoms with Gasteiger partial charge in [-0.1, -0.05) is 32.4 Å². The van der Waals surface area contributed by atoms with Gasteiger partial charge in [0.1, 0.15) is 5.01 Å². The standard InChI is InChI=1S/C15H20N2OS/c1-4-7-11(2)15(18)17(3)10-14-16-12-8-5-6-9-13(12)19-14/h5-6,8-9,11H,4,7,10H2,1-3H3. The molecule has 0 saturated carbocycles. The molecule has 0 N–H and O–H groups in total. The number of para-hydroxylation sites is 1. The summed E-state index contributed by atoms with van der Waals surface area (Å²) in [5.74, 6) is 0.311. The van der Waals surface area contributed by atoms with E-state index in [1.807, 2.05) is 32.2 Å². The normalized spacial score (nSPS) is 12.6. The number of hydrogen-bond acceptors (Lipinski definition) is 3. The SMILES string of the molecule is CCCC(C)C(=O)N(C)Cc1nc2ccccc2s1. The van der Waals surface area contributed by atoms with Crippen molar-refractivity contribution >= 4 is 27.5 Å². The van der Waals surface area contributed by atoms with Crippen molar-refractivity contribution in [3.63, 3.8) is 0 Å². The molecule has 0 bridgehead atoms. The Hall–Kier alpha value is -1.42. The van der Waals surface area contributed by atoms with Gasteiger partial charge in [-0.2, -0.15) is 0 Å². The molecule has 102 valence electrons. The van der Waals surface area contributed by atoms with Crippen molar-refractivity contribution in [3.8, 4) is 0 Å². The van der Waals surface area contributed by atoms with Gasteiger partial charge in [0, 0.05) is 13.0 Å². The second kappa shape index (κ2) is 6.15. The fourth-order valence-corrected chi connectivity index (χ4v) is 3.22. The second-order valence-corrected chi connectivity index (χ2v) is 6.07. The monoisotopic (exact) mass is 276 g/mol. The number of carbonyl (C=O) groups is 1. The van der Waals surface area contributed by atoms with Gasteiger partial charge in [-0.3, -0.25) is 4.79 Å². The minimum Gasteiger partial charge on any atom is -0.339 e. The summed E-state index contributed by atoms with van der Waals surface area (Å²) in [4.78, 5) is 18.5. The third-order valence-corrected chi connectivity index (χ3v) is 4.25. The molecule has 1 amide bonds. The van der Waals surface area contributed by atoms with Crippen LogP contribution in [0.2, 0.25) is 0 Å². The number of hydrogen-bond donors (Lipinski definition) is 0. The molecule has 0 radical (unpaired) electrons. The Morgan fingerprint density at radius 1 is 1.42 bits per heavy atom. The van der Waals surface area contributed by atoms with Gasteiger partial charge in [0.15, 0.2) is 0 Å². The summed E-state index contributed by atoms with van der Waals surface area (Å²) >= 11 is 1.66. The molecule has 4 heteroatoms. The van der Waals surface area contributed by atoms with E-state index in [0.717, 1.165) is 23.4 Å². The maximum atomic E-state index is 12.2. The summed E-state index contributed by atoms with van der Waals surface area (Å²) in [6, 6.07) is 8.08. The zero-order valence-corrected chi connectivity index (χ0v) is 12.5. The molecule has 0 aliphatic carbocycles. The van der Waals surface area contributed by atoms with E-state index in [1.54, 1.807) is 16.2 Å². The third kappa shape index (κ3) is 3.32. The maximum absolute atomic E-state index is 12.2. The van der Waals surface area contributed by atoms with E-state index in [1.165, 1.54) is 4.70 Å². The van der Waals surface area contributed by atoms with Crippen LogP contribution in [0.3, 0.4) is 0 Å². The Morgan fingerprint density at radius 3 is 2.84 bits per heavy atom. The lowest BCUT2D eigenvalue weighted by atomic mass is 10.1. The molecule has 1 heterocycles. The summed E-state index contributed by atoms with van der Waals surface area (Å²) in [5, 5.41) is 1.00. The summed E-state index contributed by atoms with van der Waals surface area (Å²) in [6.45, 7) is 4.71. The molecule has 1 atom stereocenters. The molecule has 0 aliphatic rings. The molecule has 1 aromatic carbocycles. The highest BCUT2D eigenvalue weighted by Gasteiger charge is 2.17. The van der Waals surface area contributed by atoms with Crippen molar-refractivity contribution in [2.24, 2.45) is 5.92 Å². The number of rotatable bonds is 5. The Kier molecular flexibility index (Phi) is 4.53. The second-order valence-electron chi connectivity index (χ2n) is 4.96. The summed E-state index contributed by atoms with van der Waals surface area (Å²) in [7, 11) is 1.86. The van der Waals surface area contributed by atoms with Crippen LogP contribution < -0.4 is 0 Å². The summed E-state index contributed by atoms with van der Waals surface area (Å²) in [5.41, 5.74) is 1.02. The van der Waals surface area contributed by atoms with Crippen molar-refractivity contribution in [2.45, 2.75) is 33.2 Å². The predicted molar refractivity (Wildman–Crippen MR) is 80.2 cm³/mol. The number of fused-ring (bicyclic) bond motifs is 1. The predicted octanol–water partition coefficient (Wildman–Crippen LogP) is 3.69. The third-order valence-electron chi connectivity index (χ3n) is 3.23. The fourth-order valence-electron chi connectivity index (χ4n) is 2.20. The summed E-state index contributed by atoms with van der Waals surface area (Å²) < 4.78 is 1.18. The average Bonchev–Trinajstić information content (AvgIpc) is 2.80. The van der Waals surface area contributed by atoms with Crippen LogP contribution in [0, 0.1) is 5.92 Å². The number of benzene rings is 1. The number of aromatic nitrogens is 1. The van der Waals surface area contributed by atoms with Gasteiger partial charge in [0.05, 0.1) is 16.8 Å². The van der Waals surface area contributed by atoms with Gasteiger partial charge in [-0.15, -0.1) is 11.3 Å². The quantitative estimate of drug-likeness (QED) is 0.834. The molecular weight excluding hydrogens is 256 g/mol. The first kappa shape index (κ1) is 14.0. The molecule has 0 spiro atoms. The van der Waals surface area contributed by atoms with E-state index < -0.39 is 0 Å². The van der Waals surface area contributed by atoms with Crippen molar-refractivity contribution < 1.29 is 4.79 Å². The van der Waals surface area contributed by atoms with Gasteiger partial charge >= 0.3 is 0 Å². The number of thiazole rings is 1. The van der Waals surface area contributed by atoms with Crippen LogP contribution in [0.25, 0.3) is 10.2 Å². The lowest BCUT2D eigenvalue weighted by Gasteiger charge is -2.19. The fraction of sp³-hybridized carbons (Fsp3) is 0.467. The summed E-state index contributed by atoms with van der Waals surface area (Å²) in [6.07, 6.45) is 1.99. The Balaban J connectivity index is 2.05. The largest absolute Gasteiger partial charge is 0.339 e. The lowest BCUT2D eigenvalue weighted by Crippen LogP contribution is -2.31. The first-order chi connectivity index (χ1) is 9.11. The molecule has 2 rings (SSSR count). The van der Waals surface area contributed by atoms with Gasteiger partial charge in [0.2, 0.25) is 5.91 Å². The first-order valence-electron chi connectivity index (χ1n) is 6.71. The van der Waals surface area contributed by atoms with Crippen molar-refractivity contribution in [3.05, 3.63) is 29.3 Å². The van der Waals surface area contributed by atoms with E-state index >= 15 is 0 Å². The smallest absolute Gasteiger partial charge is 0.225 e. The van der Waals surface area contributed by atoms with Gasteiger partial charge in [-0.05, 0) is 18.6 Å². The Labute approximate surface area is 118 Å². The van der Waals surface area contributed by atoms with Crippen LogP contribution in [-0.2, 0) is 11.3 Å². The van der Waals surface area contributed by atoms with Crippen LogP contribution in [0.4, 0.5) is 0 Å². The van der Waals surface area contributed by atoms with E-state index in [-0.39, 0.29) is 11.8 Å².